The number of nitrogens with one attached hydrogen (secondary N) is 1. The Kier molecular flexibility index (Phi) is 4.81. The van der Waals surface area contributed by atoms with E-state index in [2.05, 4.69) is 24.3 Å². The zero-order valence-electron chi connectivity index (χ0n) is 13.9. The largest absolute Gasteiger partial charge is 0.348 e. The monoisotopic (exact) mass is 303 g/mol. The molecule has 22 heavy (non-hydrogen) atoms. The Labute approximate surface area is 131 Å². The lowest BCUT2D eigenvalue weighted by atomic mass is 10.0. The summed E-state index contributed by atoms with van der Waals surface area (Å²) in [5.74, 6) is 0.106. The van der Waals surface area contributed by atoms with Crippen LogP contribution in [-0.4, -0.2) is 33.3 Å². The van der Waals surface area contributed by atoms with Crippen molar-refractivity contribution < 1.29 is 4.79 Å². The minimum atomic E-state index is -0.129. The van der Waals surface area contributed by atoms with E-state index in [1.165, 1.54) is 0 Å². The molecule has 0 aliphatic carbocycles. The predicted octanol–water partition coefficient (Wildman–Crippen LogP) is 2.21. The summed E-state index contributed by atoms with van der Waals surface area (Å²) in [6, 6.07) is 1.97. The third kappa shape index (κ3) is 3.11. The van der Waals surface area contributed by atoms with Crippen LogP contribution in [0.1, 0.15) is 62.6 Å². The van der Waals surface area contributed by atoms with Crippen molar-refractivity contribution in [3.63, 3.8) is 0 Å². The number of aromatic nitrogens is 3. The van der Waals surface area contributed by atoms with E-state index in [0.29, 0.717) is 12.1 Å². The lowest BCUT2D eigenvalue weighted by Gasteiger charge is -2.14. The summed E-state index contributed by atoms with van der Waals surface area (Å²) in [4.78, 5) is 17.2. The van der Waals surface area contributed by atoms with Crippen molar-refractivity contribution in [3.05, 3.63) is 23.5 Å². The van der Waals surface area contributed by atoms with Crippen LogP contribution in [0.25, 0.3) is 11.0 Å². The molecule has 0 aromatic carbocycles. The molecule has 0 saturated heterocycles. The van der Waals surface area contributed by atoms with E-state index in [4.69, 9.17) is 10.7 Å². The molecule has 1 atom stereocenters. The fourth-order valence-electron chi connectivity index (χ4n) is 2.26. The number of rotatable bonds is 5. The standard InChI is InChI=1S/C16H25N5O/c1-9(2)14-6-12(16(22)19-11(5)7-17)13-8-18-21(10(3)4)15(13)20-14/h6,8-11H,7,17H2,1-5H3,(H,19,22). The Balaban J connectivity index is 2.59. The van der Waals surface area contributed by atoms with E-state index in [0.717, 1.165) is 16.7 Å². The summed E-state index contributed by atoms with van der Waals surface area (Å²) in [6.07, 6.45) is 1.72. The summed E-state index contributed by atoms with van der Waals surface area (Å²) >= 11 is 0. The average molecular weight is 303 g/mol. The highest BCUT2D eigenvalue weighted by Crippen LogP contribution is 2.24. The second-order valence-corrected chi connectivity index (χ2v) is 6.28. The molecule has 0 fully saturated rings. The van der Waals surface area contributed by atoms with Crippen molar-refractivity contribution in [2.45, 2.75) is 52.6 Å². The number of carbonyl (C=O) groups is 1. The lowest BCUT2D eigenvalue weighted by molar-refractivity contribution is 0.0942. The van der Waals surface area contributed by atoms with Crippen molar-refractivity contribution in [1.82, 2.24) is 20.1 Å². The van der Waals surface area contributed by atoms with E-state index in [1.54, 1.807) is 6.20 Å². The molecule has 1 amide bonds. The molecule has 3 N–H and O–H groups in total. The van der Waals surface area contributed by atoms with Gasteiger partial charge in [0.05, 0.1) is 17.1 Å². The first-order valence-electron chi connectivity index (χ1n) is 7.74. The molecule has 0 aliphatic heterocycles. The Morgan fingerprint density at radius 3 is 2.55 bits per heavy atom. The molecule has 0 aliphatic rings. The highest BCUT2D eigenvalue weighted by molar-refractivity contribution is 6.05. The number of carbonyl (C=O) groups excluding carboxylic acids is 1. The van der Waals surface area contributed by atoms with Crippen molar-refractivity contribution in [1.29, 1.82) is 0 Å². The number of pyridine rings is 1. The smallest absolute Gasteiger partial charge is 0.252 e. The highest BCUT2D eigenvalue weighted by Gasteiger charge is 2.19. The second-order valence-electron chi connectivity index (χ2n) is 6.28. The topological polar surface area (TPSA) is 85.8 Å². The Hall–Kier alpha value is -1.95. The molecular weight excluding hydrogens is 278 g/mol. The van der Waals surface area contributed by atoms with Gasteiger partial charge in [-0.15, -0.1) is 0 Å². The molecule has 2 aromatic heterocycles. The zero-order chi connectivity index (χ0) is 16.4. The minimum Gasteiger partial charge on any atom is -0.348 e. The molecule has 0 saturated carbocycles. The first-order valence-corrected chi connectivity index (χ1v) is 7.74. The van der Waals surface area contributed by atoms with Gasteiger partial charge in [0.15, 0.2) is 5.65 Å². The van der Waals surface area contributed by atoms with E-state index in [9.17, 15) is 4.79 Å². The van der Waals surface area contributed by atoms with Crippen LogP contribution in [0, 0.1) is 0 Å². The van der Waals surface area contributed by atoms with Crippen LogP contribution in [-0.2, 0) is 0 Å². The summed E-state index contributed by atoms with van der Waals surface area (Å²) in [5.41, 5.74) is 7.85. The van der Waals surface area contributed by atoms with Gasteiger partial charge in [0.25, 0.3) is 5.91 Å². The molecule has 120 valence electrons. The van der Waals surface area contributed by atoms with E-state index >= 15 is 0 Å². The van der Waals surface area contributed by atoms with Crippen molar-refractivity contribution in [3.8, 4) is 0 Å². The van der Waals surface area contributed by atoms with Gasteiger partial charge in [-0.3, -0.25) is 4.79 Å². The van der Waals surface area contributed by atoms with Crippen LogP contribution in [0.15, 0.2) is 12.3 Å². The molecule has 0 bridgehead atoms. The van der Waals surface area contributed by atoms with E-state index in [1.807, 2.05) is 31.5 Å². The number of hydrogen-bond acceptors (Lipinski definition) is 4. The van der Waals surface area contributed by atoms with Gasteiger partial charge in [-0.25, -0.2) is 9.67 Å². The quantitative estimate of drug-likeness (QED) is 0.886. The maximum Gasteiger partial charge on any atom is 0.252 e. The number of amides is 1. The van der Waals surface area contributed by atoms with Gasteiger partial charge in [-0.2, -0.15) is 5.10 Å². The summed E-state index contributed by atoms with van der Waals surface area (Å²) in [6.45, 7) is 10.5. The third-order valence-electron chi connectivity index (χ3n) is 3.64. The lowest BCUT2D eigenvalue weighted by Crippen LogP contribution is -2.37. The van der Waals surface area contributed by atoms with Gasteiger partial charge in [-0.1, -0.05) is 13.8 Å². The zero-order valence-corrected chi connectivity index (χ0v) is 13.9. The normalized spacial score (nSPS) is 13.1. The van der Waals surface area contributed by atoms with E-state index < -0.39 is 0 Å². The Morgan fingerprint density at radius 2 is 2.00 bits per heavy atom. The minimum absolute atomic E-state index is 0.0710. The van der Waals surface area contributed by atoms with Gasteiger partial charge < -0.3 is 11.1 Å². The fourth-order valence-corrected chi connectivity index (χ4v) is 2.26. The van der Waals surface area contributed by atoms with Crippen LogP contribution in [0.2, 0.25) is 0 Å². The summed E-state index contributed by atoms with van der Waals surface area (Å²) in [7, 11) is 0. The van der Waals surface area contributed by atoms with Gasteiger partial charge in [0, 0.05) is 24.3 Å². The molecule has 2 aromatic rings. The van der Waals surface area contributed by atoms with Gasteiger partial charge in [0.1, 0.15) is 0 Å². The van der Waals surface area contributed by atoms with Crippen LogP contribution in [0.5, 0.6) is 0 Å². The Morgan fingerprint density at radius 1 is 1.32 bits per heavy atom. The number of hydrogen-bond donors (Lipinski definition) is 2. The Bertz CT molecular complexity index is 674. The van der Waals surface area contributed by atoms with Gasteiger partial charge in [-0.05, 0) is 32.8 Å². The third-order valence-corrected chi connectivity index (χ3v) is 3.64. The molecule has 2 heterocycles. The van der Waals surface area contributed by atoms with Crippen LogP contribution in [0.3, 0.4) is 0 Å². The fraction of sp³-hybridized carbons (Fsp3) is 0.562. The van der Waals surface area contributed by atoms with Crippen molar-refractivity contribution in [2.75, 3.05) is 6.54 Å². The van der Waals surface area contributed by atoms with Crippen LogP contribution >= 0.6 is 0 Å². The second kappa shape index (κ2) is 6.44. The maximum atomic E-state index is 12.6. The number of nitrogens with two attached hydrogens (primary N) is 1. The molecule has 1 unspecified atom stereocenters. The SMILES string of the molecule is CC(CN)NC(=O)c1cc(C(C)C)nc2c1cnn2C(C)C. The van der Waals surface area contributed by atoms with Crippen LogP contribution < -0.4 is 11.1 Å². The molecule has 0 spiro atoms. The maximum absolute atomic E-state index is 12.6. The highest BCUT2D eigenvalue weighted by atomic mass is 16.1. The average Bonchev–Trinajstić information content (AvgIpc) is 2.89. The van der Waals surface area contributed by atoms with Crippen molar-refractivity contribution in [2.24, 2.45) is 5.73 Å². The summed E-state index contributed by atoms with van der Waals surface area (Å²) < 4.78 is 1.85. The molecule has 2 rings (SSSR count). The van der Waals surface area contributed by atoms with Crippen molar-refractivity contribution >= 4 is 16.9 Å². The predicted molar refractivity (Wildman–Crippen MR) is 88.0 cm³/mol. The van der Waals surface area contributed by atoms with Gasteiger partial charge in [0.2, 0.25) is 0 Å². The summed E-state index contributed by atoms with van der Waals surface area (Å²) in [5, 5.41) is 8.08. The number of fused-ring (bicyclic) bond motifs is 1. The molecule has 6 nitrogen and oxygen atoms in total. The molecule has 6 heteroatoms. The van der Waals surface area contributed by atoms with E-state index in [-0.39, 0.29) is 23.9 Å². The molecule has 0 radical (unpaired) electrons. The van der Waals surface area contributed by atoms with Crippen LogP contribution in [0.4, 0.5) is 0 Å². The molecular formula is C16H25N5O. The first kappa shape index (κ1) is 16.4. The first-order chi connectivity index (χ1) is 10.3. The van der Waals surface area contributed by atoms with Gasteiger partial charge >= 0.3 is 0 Å². The number of nitrogens with zero attached hydrogens (tertiary/aromatic N) is 3.